The Hall–Kier alpha value is -2.68. The Bertz CT molecular complexity index is 711. The normalized spacial score (nSPS) is 9.89. The first-order valence-corrected chi connectivity index (χ1v) is 5.81. The molecule has 1 heterocycles. The summed E-state index contributed by atoms with van der Waals surface area (Å²) in [5, 5.41) is 0. The molecule has 0 spiro atoms. The van der Waals surface area contributed by atoms with E-state index < -0.39 is 0 Å². The topological polar surface area (TPSA) is 45.8 Å². The average molecular weight is 250 g/mol. The Morgan fingerprint density at radius 2 is 1.89 bits per heavy atom. The molecule has 0 atom stereocenters. The van der Waals surface area contributed by atoms with Gasteiger partial charge in [0.1, 0.15) is 5.69 Å². The quantitative estimate of drug-likeness (QED) is 0.904. The minimum absolute atomic E-state index is 0.248. The van der Waals surface area contributed by atoms with Gasteiger partial charge in [-0.3, -0.25) is 4.79 Å². The van der Waals surface area contributed by atoms with Gasteiger partial charge in [0.2, 0.25) is 0 Å². The summed E-state index contributed by atoms with van der Waals surface area (Å²) in [4.78, 5) is 19.1. The molecule has 0 aliphatic carbocycles. The minimum atomic E-state index is -0.248. The first kappa shape index (κ1) is 12.8. The van der Waals surface area contributed by atoms with Gasteiger partial charge in [-0.2, -0.15) is 0 Å². The van der Waals surface area contributed by atoms with Gasteiger partial charge in [0, 0.05) is 5.56 Å². The first-order valence-electron chi connectivity index (χ1n) is 5.81. The van der Waals surface area contributed by atoms with E-state index in [4.69, 9.17) is 0 Å². The molecule has 0 radical (unpaired) electrons. The van der Waals surface area contributed by atoms with Crippen molar-refractivity contribution >= 4 is 18.2 Å². The molecule has 1 aromatic heterocycles. The zero-order valence-corrected chi connectivity index (χ0v) is 10.5. The van der Waals surface area contributed by atoms with E-state index in [0.29, 0.717) is 17.1 Å². The highest BCUT2D eigenvalue weighted by Crippen LogP contribution is 2.17. The maximum absolute atomic E-state index is 12.0. The van der Waals surface area contributed by atoms with Crippen molar-refractivity contribution in [2.45, 2.75) is 0 Å². The molecule has 19 heavy (non-hydrogen) atoms. The van der Waals surface area contributed by atoms with Gasteiger partial charge in [-0.1, -0.05) is 44.0 Å². The summed E-state index contributed by atoms with van der Waals surface area (Å²) in [5.41, 5.74) is 2.98. The number of H-pyrrole nitrogens is 1. The van der Waals surface area contributed by atoms with Crippen molar-refractivity contribution in [2.75, 3.05) is 0 Å². The number of nitrogens with one attached hydrogen (secondary N) is 1. The van der Waals surface area contributed by atoms with Crippen molar-refractivity contribution < 1.29 is 0 Å². The van der Waals surface area contributed by atoms with Crippen molar-refractivity contribution in [1.82, 2.24) is 9.97 Å². The molecule has 0 aliphatic heterocycles. The number of benzene rings is 1. The third kappa shape index (κ3) is 2.45. The lowest BCUT2D eigenvalue weighted by Gasteiger charge is -2.05. The van der Waals surface area contributed by atoms with Gasteiger partial charge in [-0.05, 0) is 23.8 Å². The van der Waals surface area contributed by atoms with Crippen LogP contribution < -0.4 is 5.56 Å². The molecule has 0 saturated heterocycles. The summed E-state index contributed by atoms with van der Waals surface area (Å²) < 4.78 is 0. The zero-order chi connectivity index (χ0) is 13.8. The van der Waals surface area contributed by atoms with Crippen LogP contribution in [0.5, 0.6) is 0 Å². The van der Waals surface area contributed by atoms with Crippen molar-refractivity contribution in [3.63, 3.8) is 0 Å². The van der Waals surface area contributed by atoms with Gasteiger partial charge in [0.15, 0.2) is 0 Å². The summed E-state index contributed by atoms with van der Waals surface area (Å²) in [6, 6.07) is 7.48. The average Bonchev–Trinajstić information content (AvgIpc) is 2.46. The van der Waals surface area contributed by atoms with Gasteiger partial charge in [0.05, 0.1) is 11.4 Å². The fourth-order valence-electron chi connectivity index (χ4n) is 1.80. The van der Waals surface area contributed by atoms with Crippen LogP contribution >= 0.6 is 0 Å². The molecular weight excluding hydrogens is 236 g/mol. The van der Waals surface area contributed by atoms with E-state index in [0.717, 1.165) is 11.1 Å². The van der Waals surface area contributed by atoms with E-state index >= 15 is 0 Å². The fourth-order valence-corrected chi connectivity index (χ4v) is 1.80. The van der Waals surface area contributed by atoms with Crippen LogP contribution in [-0.2, 0) is 0 Å². The third-order valence-corrected chi connectivity index (χ3v) is 2.76. The monoisotopic (exact) mass is 250 g/mol. The lowest BCUT2D eigenvalue weighted by atomic mass is 10.1. The van der Waals surface area contributed by atoms with Crippen LogP contribution in [0.15, 0.2) is 48.8 Å². The van der Waals surface area contributed by atoms with Crippen molar-refractivity contribution in [1.29, 1.82) is 0 Å². The molecule has 0 aliphatic rings. The molecule has 0 fully saturated rings. The van der Waals surface area contributed by atoms with Crippen molar-refractivity contribution in [3.8, 4) is 11.3 Å². The SMILES string of the molecule is C=Cc1cccc(-c2nc(C=C)c(C=C)[nH]c2=O)c1. The smallest absolute Gasteiger partial charge is 0.274 e. The van der Waals surface area contributed by atoms with Crippen LogP contribution in [0.1, 0.15) is 17.0 Å². The van der Waals surface area contributed by atoms with E-state index in [1.165, 1.54) is 0 Å². The van der Waals surface area contributed by atoms with Crippen LogP contribution in [0.4, 0.5) is 0 Å². The number of rotatable bonds is 4. The Morgan fingerprint density at radius 3 is 2.53 bits per heavy atom. The Balaban J connectivity index is 2.68. The number of aromatic amines is 1. The van der Waals surface area contributed by atoms with Crippen LogP contribution in [0.3, 0.4) is 0 Å². The number of nitrogens with zero attached hydrogens (tertiary/aromatic N) is 1. The Labute approximate surface area is 111 Å². The standard InChI is InChI=1S/C16H14N2O/c1-4-11-8-7-9-12(10-11)15-16(19)18-14(6-3)13(5-2)17-15/h4-10H,1-3H2,(H,18,19). The zero-order valence-electron chi connectivity index (χ0n) is 10.5. The molecule has 3 heteroatoms. The summed E-state index contributed by atoms with van der Waals surface area (Å²) in [7, 11) is 0. The molecule has 3 nitrogen and oxygen atoms in total. The molecule has 1 N–H and O–H groups in total. The van der Waals surface area contributed by atoms with Gasteiger partial charge in [-0.25, -0.2) is 4.98 Å². The highest BCUT2D eigenvalue weighted by atomic mass is 16.1. The van der Waals surface area contributed by atoms with Crippen LogP contribution in [0.25, 0.3) is 29.5 Å². The highest BCUT2D eigenvalue weighted by Gasteiger charge is 2.09. The molecule has 1 aromatic carbocycles. The van der Waals surface area contributed by atoms with E-state index in [1.54, 1.807) is 18.2 Å². The predicted octanol–water partition coefficient (Wildman–Crippen LogP) is 3.37. The Kier molecular flexibility index (Phi) is 3.57. The molecule has 2 rings (SSSR count). The van der Waals surface area contributed by atoms with Gasteiger partial charge >= 0.3 is 0 Å². The molecule has 94 valence electrons. The molecule has 0 amide bonds. The molecule has 0 unspecified atom stereocenters. The highest BCUT2D eigenvalue weighted by molar-refractivity contribution is 5.66. The van der Waals surface area contributed by atoms with E-state index in [2.05, 4.69) is 29.7 Å². The summed E-state index contributed by atoms with van der Waals surface area (Å²) in [6.45, 7) is 11.0. The number of hydrogen-bond donors (Lipinski definition) is 1. The van der Waals surface area contributed by atoms with Crippen molar-refractivity contribution in [3.05, 3.63) is 71.3 Å². The molecule has 0 saturated carbocycles. The van der Waals surface area contributed by atoms with E-state index in [9.17, 15) is 4.79 Å². The van der Waals surface area contributed by atoms with Crippen molar-refractivity contribution in [2.24, 2.45) is 0 Å². The number of hydrogen-bond acceptors (Lipinski definition) is 2. The van der Waals surface area contributed by atoms with Crippen LogP contribution in [0, 0.1) is 0 Å². The van der Waals surface area contributed by atoms with Gasteiger partial charge < -0.3 is 4.98 Å². The van der Waals surface area contributed by atoms with Gasteiger partial charge in [-0.15, -0.1) is 0 Å². The second-order valence-electron chi connectivity index (χ2n) is 3.95. The second kappa shape index (κ2) is 5.31. The van der Waals surface area contributed by atoms with Crippen LogP contribution in [-0.4, -0.2) is 9.97 Å². The summed E-state index contributed by atoms with van der Waals surface area (Å²) in [5.74, 6) is 0. The lowest BCUT2D eigenvalue weighted by Crippen LogP contribution is -2.14. The molecule has 0 bridgehead atoms. The Morgan fingerprint density at radius 1 is 1.11 bits per heavy atom. The van der Waals surface area contributed by atoms with Gasteiger partial charge in [0.25, 0.3) is 5.56 Å². The maximum Gasteiger partial charge on any atom is 0.274 e. The first-order chi connectivity index (χ1) is 9.19. The predicted molar refractivity (Wildman–Crippen MR) is 80.6 cm³/mol. The third-order valence-electron chi connectivity index (χ3n) is 2.76. The largest absolute Gasteiger partial charge is 0.319 e. The minimum Gasteiger partial charge on any atom is -0.319 e. The second-order valence-corrected chi connectivity index (χ2v) is 3.95. The molecular formula is C16H14N2O. The van der Waals surface area contributed by atoms with E-state index in [-0.39, 0.29) is 5.56 Å². The maximum atomic E-state index is 12.0. The van der Waals surface area contributed by atoms with E-state index in [1.807, 2.05) is 24.3 Å². The summed E-state index contributed by atoms with van der Waals surface area (Å²) >= 11 is 0. The summed E-state index contributed by atoms with van der Waals surface area (Å²) in [6.07, 6.45) is 4.87. The lowest BCUT2D eigenvalue weighted by molar-refractivity contribution is 1.11. The fraction of sp³-hybridized carbons (Fsp3) is 0. The van der Waals surface area contributed by atoms with Crippen LogP contribution in [0.2, 0.25) is 0 Å². The molecule has 2 aromatic rings. The number of aromatic nitrogens is 2.